The SMILES string of the molecule is CNC(=O)c1cc(Oc2ccc(N(C(N)=O)c3cc(C4CCC4)nn3-c3cc(Cl)cc(Cl)c3)cc2)ccn1. The molecule has 2 aromatic heterocycles. The van der Waals surface area contributed by atoms with Crippen LogP contribution in [-0.2, 0) is 0 Å². The number of nitrogens with zero attached hydrogens (tertiary/aromatic N) is 4. The molecule has 0 saturated heterocycles. The van der Waals surface area contributed by atoms with Gasteiger partial charge in [0.1, 0.15) is 23.0 Å². The van der Waals surface area contributed by atoms with E-state index in [0.29, 0.717) is 44.7 Å². The number of hydrogen-bond donors (Lipinski definition) is 2. The number of rotatable bonds is 7. The Hall–Kier alpha value is -4.08. The van der Waals surface area contributed by atoms with Crippen LogP contribution in [0.1, 0.15) is 41.4 Å². The number of amides is 3. The summed E-state index contributed by atoms with van der Waals surface area (Å²) in [5.74, 6) is 1.41. The zero-order valence-corrected chi connectivity index (χ0v) is 21.9. The van der Waals surface area contributed by atoms with Crippen LogP contribution in [0.25, 0.3) is 5.69 Å². The van der Waals surface area contributed by atoms with Crippen molar-refractivity contribution in [3.05, 3.63) is 88.3 Å². The second kappa shape index (κ2) is 10.7. The Morgan fingerprint density at radius 1 is 1.03 bits per heavy atom. The molecule has 194 valence electrons. The molecular weight excluding hydrogens is 527 g/mol. The van der Waals surface area contributed by atoms with E-state index in [1.54, 1.807) is 59.3 Å². The molecule has 0 bridgehead atoms. The summed E-state index contributed by atoms with van der Waals surface area (Å²) in [6.07, 6.45) is 4.70. The highest BCUT2D eigenvalue weighted by molar-refractivity contribution is 6.34. The number of anilines is 2. The molecule has 0 radical (unpaired) electrons. The van der Waals surface area contributed by atoms with E-state index < -0.39 is 6.03 Å². The third-order valence-corrected chi connectivity index (χ3v) is 6.73. The Kier molecular flexibility index (Phi) is 7.22. The number of carbonyl (C=O) groups excluding carboxylic acids is 2. The molecule has 11 heteroatoms. The van der Waals surface area contributed by atoms with Crippen LogP contribution in [0.5, 0.6) is 11.5 Å². The van der Waals surface area contributed by atoms with Crippen LogP contribution in [0.3, 0.4) is 0 Å². The van der Waals surface area contributed by atoms with E-state index >= 15 is 0 Å². The quantitative estimate of drug-likeness (QED) is 0.283. The summed E-state index contributed by atoms with van der Waals surface area (Å²) in [6.45, 7) is 0. The van der Waals surface area contributed by atoms with Crippen LogP contribution in [0, 0.1) is 0 Å². The molecule has 1 saturated carbocycles. The first-order chi connectivity index (χ1) is 18.3. The van der Waals surface area contributed by atoms with E-state index in [0.717, 1.165) is 25.0 Å². The lowest BCUT2D eigenvalue weighted by Gasteiger charge is -2.23. The minimum atomic E-state index is -0.683. The van der Waals surface area contributed by atoms with Crippen molar-refractivity contribution in [1.29, 1.82) is 0 Å². The molecule has 1 fully saturated rings. The number of urea groups is 1. The van der Waals surface area contributed by atoms with Gasteiger partial charge in [-0.3, -0.25) is 9.78 Å². The number of pyridine rings is 1. The van der Waals surface area contributed by atoms with Gasteiger partial charge in [-0.15, -0.1) is 0 Å². The molecule has 1 aliphatic carbocycles. The van der Waals surface area contributed by atoms with E-state index in [9.17, 15) is 9.59 Å². The molecule has 0 atom stereocenters. The minimum Gasteiger partial charge on any atom is -0.457 e. The molecule has 1 aliphatic rings. The summed E-state index contributed by atoms with van der Waals surface area (Å²) < 4.78 is 7.53. The summed E-state index contributed by atoms with van der Waals surface area (Å²) >= 11 is 12.5. The van der Waals surface area contributed by atoms with E-state index in [1.165, 1.54) is 18.1 Å². The number of hydrogen-bond acceptors (Lipinski definition) is 5. The maximum absolute atomic E-state index is 12.8. The van der Waals surface area contributed by atoms with E-state index in [-0.39, 0.29) is 11.6 Å². The molecule has 0 unspecified atom stereocenters. The maximum atomic E-state index is 12.8. The number of carbonyl (C=O) groups is 2. The van der Waals surface area contributed by atoms with Crippen molar-refractivity contribution in [3.63, 3.8) is 0 Å². The second-order valence-electron chi connectivity index (χ2n) is 8.82. The normalized spacial score (nSPS) is 13.0. The summed E-state index contributed by atoms with van der Waals surface area (Å²) in [4.78, 5) is 30.0. The lowest BCUT2D eigenvalue weighted by atomic mass is 9.83. The Labute approximate surface area is 229 Å². The molecule has 2 heterocycles. The van der Waals surface area contributed by atoms with Crippen molar-refractivity contribution in [2.75, 3.05) is 11.9 Å². The van der Waals surface area contributed by atoms with Gasteiger partial charge >= 0.3 is 6.03 Å². The van der Waals surface area contributed by atoms with Crippen molar-refractivity contribution in [1.82, 2.24) is 20.1 Å². The maximum Gasteiger partial charge on any atom is 0.325 e. The van der Waals surface area contributed by atoms with Gasteiger partial charge in [-0.1, -0.05) is 29.6 Å². The Balaban J connectivity index is 1.49. The number of nitrogens with one attached hydrogen (secondary N) is 1. The van der Waals surface area contributed by atoms with Gasteiger partial charge in [-0.05, 0) is 61.4 Å². The Morgan fingerprint density at radius 3 is 2.34 bits per heavy atom. The highest BCUT2D eigenvalue weighted by Gasteiger charge is 2.28. The predicted molar refractivity (Wildman–Crippen MR) is 146 cm³/mol. The largest absolute Gasteiger partial charge is 0.457 e. The number of benzene rings is 2. The van der Waals surface area contributed by atoms with Gasteiger partial charge in [-0.2, -0.15) is 5.10 Å². The summed E-state index contributed by atoms with van der Waals surface area (Å²) in [6, 6.07) is 16.3. The minimum absolute atomic E-state index is 0.234. The lowest BCUT2D eigenvalue weighted by Crippen LogP contribution is -2.33. The molecule has 2 aromatic carbocycles. The molecule has 5 rings (SSSR count). The van der Waals surface area contributed by atoms with E-state index in [4.69, 9.17) is 38.8 Å². The fourth-order valence-corrected chi connectivity index (χ4v) is 4.72. The van der Waals surface area contributed by atoms with Gasteiger partial charge in [0.25, 0.3) is 5.91 Å². The summed E-state index contributed by atoms with van der Waals surface area (Å²) in [5.41, 5.74) is 8.11. The van der Waals surface area contributed by atoms with Crippen LogP contribution in [0.15, 0.2) is 66.9 Å². The molecule has 4 aromatic rings. The number of ether oxygens (including phenoxy) is 1. The third kappa shape index (κ3) is 5.29. The molecule has 3 amide bonds. The fourth-order valence-electron chi connectivity index (χ4n) is 4.20. The van der Waals surface area contributed by atoms with E-state index in [1.807, 2.05) is 6.07 Å². The van der Waals surface area contributed by atoms with Gasteiger partial charge in [0, 0.05) is 41.3 Å². The Morgan fingerprint density at radius 2 is 1.74 bits per heavy atom. The van der Waals surface area contributed by atoms with E-state index in [2.05, 4.69) is 10.3 Å². The van der Waals surface area contributed by atoms with Crippen LogP contribution in [-0.4, -0.2) is 33.8 Å². The van der Waals surface area contributed by atoms with Gasteiger partial charge in [0.15, 0.2) is 0 Å². The van der Waals surface area contributed by atoms with Crippen LogP contribution >= 0.6 is 23.2 Å². The predicted octanol–water partition coefficient (Wildman–Crippen LogP) is 6.21. The molecule has 9 nitrogen and oxygen atoms in total. The van der Waals surface area contributed by atoms with Gasteiger partial charge < -0.3 is 15.8 Å². The van der Waals surface area contributed by atoms with Crippen LogP contribution < -0.4 is 20.7 Å². The number of aromatic nitrogens is 3. The van der Waals surface area contributed by atoms with Crippen molar-refractivity contribution >= 4 is 46.6 Å². The first-order valence-corrected chi connectivity index (χ1v) is 12.7. The van der Waals surface area contributed by atoms with Gasteiger partial charge in [0.2, 0.25) is 0 Å². The van der Waals surface area contributed by atoms with Crippen molar-refractivity contribution in [2.45, 2.75) is 25.2 Å². The second-order valence-corrected chi connectivity index (χ2v) is 9.69. The smallest absolute Gasteiger partial charge is 0.325 e. The molecule has 0 aliphatic heterocycles. The fraction of sp³-hybridized carbons (Fsp3) is 0.185. The standard InChI is InChI=1S/C27H24Cl2N6O3/c1-31-26(36)24-14-22(9-10-32-24)38-21-7-5-19(6-8-21)34(27(30)37)25-15-23(16-3-2-4-16)33-35(25)20-12-17(28)11-18(29)13-20/h5-16H,2-4H2,1H3,(H2,30,37)(H,31,36). The third-order valence-electron chi connectivity index (χ3n) is 6.30. The summed E-state index contributed by atoms with van der Waals surface area (Å²) in [7, 11) is 1.53. The van der Waals surface area contributed by atoms with Gasteiger partial charge in [-0.25, -0.2) is 14.4 Å². The molecular formula is C27H24Cl2N6O3. The van der Waals surface area contributed by atoms with Gasteiger partial charge in [0.05, 0.1) is 17.1 Å². The zero-order chi connectivity index (χ0) is 26.8. The highest BCUT2D eigenvalue weighted by atomic mass is 35.5. The lowest BCUT2D eigenvalue weighted by molar-refractivity contribution is 0.0958. The number of nitrogens with two attached hydrogens (primary N) is 1. The average Bonchev–Trinajstić information content (AvgIpc) is 3.27. The zero-order valence-electron chi connectivity index (χ0n) is 20.4. The summed E-state index contributed by atoms with van der Waals surface area (Å²) in [5, 5.41) is 8.22. The number of halogens is 2. The first-order valence-electron chi connectivity index (χ1n) is 11.9. The molecule has 3 N–H and O–H groups in total. The topological polar surface area (TPSA) is 115 Å². The number of primary amides is 1. The van der Waals surface area contributed by atoms with Crippen molar-refractivity contribution in [2.24, 2.45) is 5.73 Å². The highest BCUT2D eigenvalue weighted by Crippen LogP contribution is 2.39. The Bertz CT molecular complexity index is 1480. The first kappa shape index (κ1) is 25.6. The van der Waals surface area contributed by atoms with Crippen molar-refractivity contribution in [3.8, 4) is 17.2 Å². The van der Waals surface area contributed by atoms with Crippen LogP contribution in [0.2, 0.25) is 10.0 Å². The van der Waals surface area contributed by atoms with Crippen LogP contribution in [0.4, 0.5) is 16.3 Å². The van der Waals surface area contributed by atoms with Crippen molar-refractivity contribution < 1.29 is 14.3 Å². The average molecular weight is 551 g/mol. The molecule has 38 heavy (non-hydrogen) atoms. The monoisotopic (exact) mass is 550 g/mol. The molecule has 0 spiro atoms.